The van der Waals surface area contributed by atoms with E-state index < -0.39 is 0 Å². The number of piperidine rings is 1. The van der Waals surface area contributed by atoms with Gasteiger partial charge in [-0.25, -0.2) is 0 Å². The van der Waals surface area contributed by atoms with Gasteiger partial charge in [0.05, 0.1) is 5.56 Å². The molecule has 1 aromatic carbocycles. The number of anilines is 2. The molecule has 0 radical (unpaired) electrons. The summed E-state index contributed by atoms with van der Waals surface area (Å²) in [5, 5.41) is 5.95. The number of unbranched alkanes of at least 4 members (excludes halogenated alkanes) is 2. The molecule has 3 rings (SSSR count). The van der Waals surface area contributed by atoms with Crippen molar-refractivity contribution in [2.45, 2.75) is 58.4 Å². The molecule has 0 saturated carbocycles. The van der Waals surface area contributed by atoms with E-state index in [-0.39, 0.29) is 11.8 Å². The van der Waals surface area contributed by atoms with Gasteiger partial charge < -0.3 is 15.5 Å². The van der Waals surface area contributed by atoms with Crippen LogP contribution in [0.15, 0.2) is 42.7 Å². The van der Waals surface area contributed by atoms with Gasteiger partial charge in [0.15, 0.2) is 0 Å². The third kappa shape index (κ3) is 6.31. The zero-order valence-electron chi connectivity index (χ0n) is 17.8. The summed E-state index contributed by atoms with van der Waals surface area (Å²) in [7, 11) is 0. The monoisotopic (exact) mass is 408 g/mol. The minimum Gasteiger partial charge on any atom is -0.371 e. The fourth-order valence-electron chi connectivity index (χ4n) is 3.75. The lowest BCUT2D eigenvalue weighted by Gasteiger charge is -2.30. The van der Waals surface area contributed by atoms with Gasteiger partial charge in [0.25, 0.3) is 5.91 Å². The first-order valence-corrected chi connectivity index (χ1v) is 11.0. The lowest BCUT2D eigenvalue weighted by molar-refractivity contribution is -0.116. The topological polar surface area (TPSA) is 74.3 Å². The lowest BCUT2D eigenvalue weighted by Crippen LogP contribution is -2.32. The number of benzene rings is 1. The lowest BCUT2D eigenvalue weighted by atomic mass is 10.1. The number of carbonyl (C=O) groups excluding carboxylic acids is 2. The molecule has 6 nitrogen and oxygen atoms in total. The summed E-state index contributed by atoms with van der Waals surface area (Å²) in [6.45, 7) is 4.44. The molecule has 160 valence electrons. The number of hydrogen-bond donors (Lipinski definition) is 2. The van der Waals surface area contributed by atoms with Crippen molar-refractivity contribution in [3.63, 3.8) is 0 Å². The second kappa shape index (κ2) is 11.3. The van der Waals surface area contributed by atoms with Crippen molar-refractivity contribution < 1.29 is 9.59 Å². The Balaban J connectivity index is 1.75. The van der Waals surface area contributed by atoms with Gasteiger partial charge in [-0.05, 0) is 55.5 Å². The molecule has 1 fully saturated rings. The van der Waals surface area contributed by atoms with E-state index in [9.17, 15) is 9.59 Å². The molecule has 2 heterocycles. The molecule has 2 aromatic rings. The summed E-state index contributed by atoms with van der Waals surface area (Å²) in [5.41, 5.74) is 3.16. The number of pyridine rings is 1. The van der Waals surface area contributed by atoms with Crippen LogP contribution >= 0.6 is 0 Å². The standard InChI is InChI=1S/C24H32N4O2/c1-2-3-5-10-23(29)27-20-11-12-22(28-14-6-4-7-15-28)21(16-20)24(30)26-18-19-9-8-13-25-17-19/h8-9,11-13,16-17H,2-7,10,14-15,18H2,1H3,(H,26,30)(H,27,29). The minimum absolute atomic E-state index is 0.00380. The molecule has 6 heteroatoms. The fraction of sp³-hybridized carbons (Fsp3) is 0.458. The quantitative estimate of drug-likeness (QED) is 0.598. The van der Waals surface area contributed by atoms with E-state index in [1.54, 1.807) is 18.5 Å². The van der Waals surface area contributed by atoms with Gasteiger partial charge in [0, 0.05) is 49.8 Å². The van der Waals surface area contributed by atoms with Gasteiger partial charge >= 0.3 is 0 Å². The van der Waals surface area contributed by atoms with E-state index >= 15 is 0 Å². The molecular formula is C24H32N4O2. The van der Waals surface area contributed by atoms with Crippen LogP contribution in [0.1, 0.15) is 67.8 Å². The van der Waals surface area contributed by atoms with Crippen molar-refractivity contribution in [2.24, 2.45) is 0 Å². The highest BCUT2D eigenvalue weighted by Gasteiger charge is 2.19. The highest BCUT2D eigenvalue weighted by Crippen LogP contribution is 2.27. The largest absolute Gasteiger partial charge is 0.371 e. The molecule has 1 aliphatic heterocycles. The van der Waals surface area contributed by atoms with Gasteiger partial charge in [-0.15, -0.1) is 0 Å². The predicted molar refractivity (Wildman–Crippen MR) is 121 cm³/mol. The summed E-state index contributed by atoms with van der Waals surface area (Å²) in [5.74, 6) is -0.141. The van der Waals surface area contributed by atoms with Gasteiger partial charge in [-0.3, -0.25) is 14.6 Å². The first-order chi connectivity index (χ1) is 14.7. The van der Waals surface area contributed by atoms with E-state index in [2.05, 4.69) is 27.4 Å². The maximum Gasteiger partial charge on any atom is 0.253 e. The van der Waals surface area contributed by atoms with E-state index in [4.69, 9.17) is 0 Å². The first-order valence-electron chi connectivity index (χ1n) is 11.0. The Morgan fingerprint density at radius 1 is 1.10 bits per heavy atom. The molecule has 0 atom stereocenters. The van der Waals surface area contributed by atoms with Crippen LogP contribution < -0.4 is 15.5 Å². The molecule has 0 bridgehead atoms. The SMILES string of the molecule is CCCCCC(=O)Nc1ccc(N2CCCCC2)c(C(=O)NCc2cccnc2)c1. The number of rotatable bonds is 9. The Morgan fingerprint density at radius 2 is 1.93 bits per heavy atom. The number of nitrogens with zero attached hydrogens (tertiary/aromatic N) is 2. The molecule has 1 saturated heterocycles. The molecular weight excluding hydrogens is 376 g/mol. The van der Waals surface area contributed by atoms with Crippen LogP contribution in [0.3, 0.4) is 0 Å². The van der Waals surface area contributed by atoms with Crippen molar-refractivity contribution in [3.8, 4) is 0 Å². The van der Waals surface area contributed by atoms with Gasteiger partial charge in [-0.1, -0.05) is 25.8 Å². The van der Waals surface area contributed by atoms with Crippen LogP contribution in [0, 0.1) is 0 Å². The maximum atomic E-state index is 13.1. The molecule has 2 amide bonds. The molecule has 1 aromatic heterocycles. The third-order valence-electron chi connectivity index (χ3n) is 5.40. The Kier molecular flexibility index (Phi) is 8.24. The zero-order valence-corrected chi connectivity index (χ0v) is 17.8. The van der Waals surface area contributed by atoms with Crippen molar-refractivity contribution in [2.75, 3.05) is 23.3 Å². The minimum atomic E-state index is -0.137. The van der Waals surface area contributed by atoms with Crippen molar-refractivity contribution in [1.29, 1.82) is 0 Å². The Hall–Kier alpha value is -2.89. The molecule has 0 spiro atoms. The van der Waals surface area contributed by atoms with Crippen LogP contribution in [0.4, 0.5) is 11.4 Å². The molecule has 30 heavy (non-hydrogen) atoms. The molecule has 0 unspecified atom stereocenters. The van der Waals surface area contributed by atoms with Gasteiger partial charge in [-0.2, -0.15) is 0 Å². The van der Waals surface area contributed by atoms with Crippen LogP contribution in [-0.2, 0) is 11.3 Å². The zero-order chi connectivity index (χ0) is 21.2. The number of nitrogens with one attached hydrogen (secondary N) is 2. The fourth-order valence-corrected chi connectivity index (χ4v) is 3.75. The Labute approximate surface area is 179 Å². The highest BCUT2D eigenvalue weighted by molar-refractivity contribution is 6.02. The summed E-state index contributed by atoms with van der Waals surface area (Å²) < 4.78 is 0. The Morgan fingerprint density at radius 3 is 2.67 bits per heavy atom. The smallest absolute Gasteiger partial charge is 0.253 e. The van der Waals surface area contributed by atoms with Crippen LogP contribution in [0.5, 0.6) is 0 Å². The van der Waals surface area contributed by atoms with Gasteiger partial charge in [0.1, 0.15) is 0 Å². The van der Waals surface area contributed by atoms with Crippen molar-refractivity contribution >= 4 is 23.2 Å². The normalized spacial score (nSPS) is 13.7. The highest BCUT2D eigenvalue weighted by atomic mass is 16.2. The summed E-state index contributed by atoms with van der Waals surface area (Å²) in [6.07, 6.45) is 10.5. The molecule has 1 aliphatic rings. The molecule has 2 N–H and O–H groups in total. The maximum absolute atomic E-state index is 13.1. The van der Waals surface area contributed by atoms with Crippen LogP contribution in [0.2, 0.25) is 0 Å². The Bertz CT molecular complexity index is 832. The van der Waals surface area contributed by atoms with E-state index in [0.717, 1.165) is 56.4 Å². The summed E-state index contributed by atoms with van der Waals surface area (Å²) in [6, 6.07) is 9.47. The average Bonchev–Trinajstić information content (AvgIpc) is 2.79. The third-order valence-corrected chi connectivity index (χ3v) is 5.40. The first kappa shape index (κ1) is 21.8. The summed E-state index contributed by atoms with van der Waals surface area (Å²) in [4.78, 5) is 31.7. The second-order valence-corrected chi connectivity index (χ2v) is 7.83. The average molecular weight is 409 g/mol. The van der Waals surface area contributed by atoms with Crippen molar-refractivity contribution in [3.05, 3.63) is 53.9 Å². The number of aromatic nitrogens is 1. The number of hydrogen-bond acceptors (Lipinski definition) is 4. The second-order valence-electron chi connectivity index (χ2n) is 7.83. The molecule has 0 aliphatic carbocycles. The van der Waals surface area contributed by atoms with Crippen molar-refractivity contribution in [1.82, 2.24) is 10.3 Å². The van der Waals surface area contributed by atoms with Gasteiger partial charge in [0.2, 0.25) is 5.91 Å². The summed E-state index contributed by atoms with van der Waals surface area (Å²) >= 11 is 0. The van der Waals surface area contributed by atoms with E-state index in [1.807, 2.05) is 24.3 Å². The van der Waals surface area contributed by atoms with E-state index in [1.165, 1.54) is 6.42 Å². The van der Waals surface area contributed by atoms with Crippen LogP contribution in [-0.4, -0.2) is 29.9 Å². The number of amides is 2. The van der Waals surface area contributed by atoms with Crippen LogP contribution in [0.25, 0.3) is 0 Å². The number of carbonyl (C=O) groups is 2. The van der Waals surface area contributed by atoms with E-state index in [0.29, 0.717) is 24.2 Å². The predicted octanol–water partition coefficient (Wildman–Crippen LogP) is 4.52.